The second-order valence-corrected chi connectivity index (χ2v) is 6.22. The number of hydrogen-bond donors (Lipinski definition) is 0. The molecule has 0 bridgehead atoms. The Morgan fingerprint density at radius 3 is 2.47 bits per heavy atom. The first-order valence-electron chi connectivity index (χ1n) is 6.05. The summed E-state index contributed by atoms with van der Waals surface area (Å²) in [4.78, 5) is 0. The van der Waals surface area contributed by atoms with Gasteiger partial charge in [0.15, 0.2) is 0 Å². The van der Waals surface area contributed by atoms with Gasteiger partial charge in [0, 0.05) is 0 Å². The van der Waals surface area contributed by atoms with E-state index in [1.165, 1.54) is 12.8 Å². The van der Waals surface area contributed by atoms with Crippen molar-refractivity contribution in [3.63, 3.8) is 0 Å². The molecule has 1 aliphatic rings. The Kier molecular flexibility index (Phi) is 2.62. The van der Waals surface area contributed by atoms with Crippen LogP contribution in [0.5, 0.6) is 0 Å². The van der Waals surface area contributed by atoms with Gasteiger partial charge in [0.1, 0.15) is 0 Å². The predicted molar refractivity (Wildman–Crippen MR) is 66.1 cm³/mol. The summed E-state index contributed by atoms with van der Waals surface area (Å²) in [7, 11) is 0. The molecule has 0 aliphatic heterocycles. The molecule has 0 nitrogen and oxygen atoms in total. The quantitative estimate of drug-likeness (QED) is 0.633. The van der Waals surface area contributed by atoms with Gasteiger partial charge in [0.05, 0.1) is 0 Å². The maximum atomic E-state index is 2.39. The molecule has 0 N–H and O–H groups in total. The summed E-state index contributed by atoms with van der Waals surface area (Å²) in [6.07, 6.45) is 2.62. The molecule has 15 heavy (non-hydrogen) atoms. The van der Waals surface area contributed by atoms with E-state index in [-0.39, 0.29) is 0 Å². The Hall–Kier alpha value is -0.780. The minimum atomic E-state index is 0.459. The molecule has 1 aromatic rings. The highest BCUT2D eigenvalue weighted by atomic mass is 14.4. The van der Waals surface area contributed by atoms with Crippen LogP contribution in [0, 0.1) is 11.3 Å². The number of hydrogen-bond acceptors (Lipinski definition) is 0. The van der Waals surface area contributed by atoms with Gasteiger partial charge in [-0.15, -0.1) is 0 Å². The van der Waals surface area contributed by atoms with Crippen LogP contribution in [-0.4, -0.2) is 0 Å². The molecule has 2 rings (SSSR count). The summed E-state index contributed by atoms with van der Waals surface area (Å²) < 4.78 is 0. The Morgan fingerprint density at radius 2 is 1.87 bits per heavy atom. The third-order valence-electron chi connectivity index (χ3n) is 3.61. The van der Waals surface area contributed by atoms with Crippen LogP contribution in [0.4, 0.5) is 0 Å². The number of fused-ring (bicyclic) bond motifs is 1. The van der Waals surface area contributed by atoms with E-state index < -0.39 is 0 Å². The van der Waals surface area contributed by atoms with Crippen molar-refractivity contribution in [3.05, 3.63) is 35.4 Å². The normalized spacial score (nSPS) is 25.3. The maximum Gasteiger partial charge on any atom is -0.0156 e. The van der Waals surface area contributed by atoms with Gasteiger partial charge in [-0.2, -0.15) is 0 Å². The number of benzene rings is 1. The highest BCUT2D eigenvalue weighted by Crippen LogP contribution is 2.42. The van der Waals surface area contributed by atoms with Gasteiger partial charge in [-0.3, -0.25) is 0 Å². The second kappa shape index (κ2) is 3.66. The van der Waals surface area contributed by atoms with E-state index in [0.717, 1.165) is 11.8 Å². The van der Waals surface area contributed by atoms with Crippen LogP contribution >= 0.6 is 0 Å². The zero-order valence-corrected chi connectivity index (χ0v) is 10.4. The first-order valence-corrected chi connectivity index (χ1v) is 6.05. The second-order valence-electron chi connectivity index (χ2n) is 6.22. The molecule has 2 unspecified atom stereocenters. The van der Waals surface area contributed by atoms with Crippen LogP contribution in [0.2, 0.25) is 0 Å². The monoisotopic (exact) mass is 202 g/mol. The molecule has 0 aromatic heterocycles. The minimum absolute atomic E-state index is 0.459. The molecule has 0 heteroatoms. The molecule has 0 amide bonds. The molecule has 82 valence electrons. The highest BCUT2D eigenvalue weighted by Gasteiger charge is 2.31. The molecule has 0 radical (unpaired) electrons. The SMILES string of the molecule is CC1c2ccccc2CC1CC(C)(C)C. The fourth-order valence-electron chi connectivity index (χ4n) is 2.91. The molecule has 2 atom stereocenters. The van der Waals surface area contributed by atoms with Crippen molar-refractivity contribution in [1.82, 2.24) is 0 Å². The lowest BCUT2D eigenvalue weighted by atomic mass is 9.80. The minimum Gasteiger partial charge on any atom is -0.0620 e. The van der Waals surface area contributed by atoms with E-state index in [1.807, 2.05) is 0 Å². The van der Waals surface area contributed by atoms with Crippen LogP contribution < -0.4 is 0 Å². The maximum absolute atomic E-state index is 2.39. The molecule has 0 heterocycles. The van der Waals surface area contributed by atoms with Gasteiger partial charge in [-0.05, 0) is 41.2 Å². The lowest BCUT2D eigenvalue weighted by molar-refractivity contribution is 0.279. The summed E-state index contributed by atoms with van der Waals surface area (Å²) >= 11 is 0. The summed E-state index contributed by atoms with van der Waals surface area (Å²) in [5, 5.41) is 0. The first-order chi connectivity index (χ1) is 6.97. The van der Waals surface area contributed by atoms with E-state index in [4.69, 9.17) is 0 Å². The third-order valence-corrected chi connectivity index (χ3v) is 3.61. The van der Waals surface area contributed by atoms with Crippen LogP contribution in [0.3, 0.4) is 0 Å². The van der Waals surface area contributed by atoms with Gasteiger partial charge < -0.3 is 0 Å². The standard InChI is InChI=1S/C15H22/c1-11-13(10-15(2,3)4)9-12-7-5-6-8-14(11)12/h5-8,11,13H,9-10H2,1-4H3. The average Bonchev–Trinajstić information content (AvgIpc) is 2.42. The lowest BCUT2D eigenvalue weighted by Gasteiger charge is -2.25. The molecule has 0 saturated carbocycles. The summed E-state index contributed by atoms with van der Waals surface area (Å²) in [6.45, 7) is 9.44. The Bertz CT molecular complexity index is 343. The highest BCUT2D eigenvalue weighted by molar-refractivity contribution is 5.35. The van der Waals surface area contributed by atoms with Crippen molar-refractivity contribution in [2.75, 3.05) is 0 Å². The summed E-state index contributed by atoms with van der Waals surface area (Å²) in [6, 6.07) is 8.96. The molecule has 0 fully saturated rings. The van der Waals surface area contributed by atoms with Crippen molar-refractivity contribution >= 4 is 0 Å². The molecule has 1 aromatic carbocycles. The molecular formula is C15H22. The van der Waals surface area contributed by atoms with Crippen molar-refractivity contribution in [1.29, 1.82) is 0 Å². The lowest BCUT2D eigenvalue weighted by Crippen LogP contribution is -2.15. The van der Waals surface area contributed by atoms with Gasteiger partial charge in [0.2, 0.25) is 0 Å². The van der Waals surface area contributed by atoms with Gasteiger partial charge in [-0.1, -0.05) is 52.0 Å². The Balaban J connectivity index is 2.17. The smallest absolute Gasteiger partial charge is 0.0156 e. The van der Waals surface area contributed by atoms with Crippen molar-refractivity contribution in [3.8, 4) is 0 Å². The van der Waals surface area contributed by atoms with E-state index in [9.17, 15) is 0 Å². The van der Waals surface area contributed by atoms with Gasteiger partial charge >= 0.3 is 0 Å². The van der Waals surface area contributed by atoms with Crippen LogP contribution in [0.25, 0.3) is 0 Å². The largest absolute Gasteiger partial charge is 0.0620 e. The van der Waals surface area contributed by atoms with E-state index >= 15 is 0 Å². The fraction of sp³-hybridized carbons (Fsp3) is 0.600. The summed E-state index contributed by atoms with van der Waals surface area (Å²) in [5.74, 6) is 1.60. The average molecular weight is 202 g/mol. The van der Waals surface area contributed by atoms with Crippen molar-refractivity contribution < 1.29 is 0 Å². The predicted octanol–water partition coefficient (Wildman–Crippen LogP) is 4.40. The Labute approximate surface area is 93.7 Å². The van der Waals surface area contributed by atoms with Gasteiger partial charge in [-0.25, -0.2) is 0 Å². The van der Waals surface area contributed by atoms with E-state index in [0.29, 0.717) is 5.41 Å². The van der Waals surface area contributed by atoms with Crippen LogP contribution in [-0.2, 0) is 6.42 Å². The summed E-state index contributed by atoms with van der Waals surface area (Å²) in [5.41, 5.74) is 3.63. The van der Waals surface area contributed by atoms with Crippen molar-refractivity contribution in [2.24, 2.45) is 11.3 Å². The first kappa shape index (κ1) is 10.7. The molecule has 0 spiro atoms. The fourth-order valence-corrected chi connectivity index (χ4v) is 2.91. The van der Waals surface area contributed by atoms with Crippen LogP contribution in [0.1, 0.15) is 51.2 Å². The van der Waals surface area contributed by atoms with E-state index in [1.54, 1.807) is 11.1 Å². The molecule has 0 saturated heterocycles. The molecule has 1 aliphatic carbocycles. The van der Waals surface area contributed by atoms with E-state index in [2.05, 4.69) is 52.0 Å². The van der Waals surface area contributed by atoms with Crippen LogP contribution in [0.15, 0.2) is 24.3 Å². The Morgan fingerprint density at radius 1 is 1.20 bits per heavy atom. The van der Waals surface area contributed by atoms with Gasteiger partial charge in [0.25, 0.3) is 0 Å². The molecular weight excluding hydrogens is 180 g/mol. The zero-order chi connectivity index (χ0) is 11.1. The topological polar surface area (TPSA) is 0 Å². The van der Waals surface area contributed by atoms with Crippen molar-refractivity contribution in [2.45, 2.75) is 46.5 Å². The zero-order valence-electron chi connectivity index (χ0n) is 10.4. The third kappa shape index (κ3) is 2.25. The number of rotatable bonds is 1.